The van der Waals surface area contributed by atoms with Crippen molar-refractivity contribution in [2.24, 2.45) is 10.7 Å². The highest BCUT2D eigenvalue weighted by molar-refractivity contribution is 5.82. The van der Waals surface area contributed by atoms with E-state index in [4.69, 9.17) is 10.5 Å². The van der Waals surface area contributed by atoms with Gasteiger partial charge in [-0.2, -0.15) is 0 Å². The molecule has 2 aromatic rings. The maximum Gasteiger partial charge on any atom is 0.119 e. The summed E-state index contributed by atoms with van der Waals surface area (Å²) in [5.41, 5.74) is 10.2. The van der Waals surface area contributed by atoms with Crippen LogP contribution in [-0.4, -0.2) is 30.7 Å². The maximum atomic E-state index is 9.87. The van der Waals surface area contributed by atoms with Crippen molar-refractivity contribution in [1.82, 2.24) is 5.32 Å². The van der Waals surface area contributed by atoms with Crippen LogP contribution in [-0.2, 0) is 12.8 Å². The van der Waals surface area contributed by atoms with E-state index in [1.807, 2.05) is 43.3 Å². The topological polar surface area (TPSA) is 79.9 Å². The number of nitrogens with one attached hydrogen (secondary N) is 1. The molecule has 1 aliphatic rings. The van der Waals surface area contributed by atoms with Crippen molar-refractivity contribution < 1.29 is 9.84 Å². The van der Waals surface area contributed by atoms with Gasteiger partial charge in [0.1, 0.15) is 5.75 Å². The summed E-state index contributed by atoms with van der Waals surface area (Å²) in [5, 5.41) is 13.2. The van der Waals surface area contributed by atoms with E-state index >= 15 is 0 Å². The third-order valence-corrected chi connectivity index (χ3v) is 4.56. The molecule has 0 heterocycles. The van der Waals surface area contributed by atoms with Crippen molar-refractivity contribution in [2.75, 3.05) is 13.7 Å². The normalized spacial score (nSPS) is 19.6. The summed E-state index contributed by atoms with van der Waals surface area (Å²) in [7, 11) is 1.68. The lowest BCUT2D eigenvalue weighted by molar-refractivity contribution is 0.158. The van der Waals surface area contributed by atoms with Crippen LogP contribution in [0.4, 0.5) is 5.69 Å². The number of fused-ring (bicyclic) bond motifs is 1. The standard InChI is InChI=1S/C20H25N3O2/c1-13(22-9-8-14-4-3-5-17(10-14)25-2)23-16-7-6-15-11-19(24)20(21)18(15)12-16/h3-7,10,12,19-20,24H,8-9,11,21H2,1-2H3,(H,22,23)/t19-,20-/m1/s1. The van der Waals surface area contributed by atoms with Crippen molar-refractivity contribution in [3.05, 3.63) is 59.2 Å². The summed E-state index contributed by atoms with van der Waals surface area (Å²) in [5.74, 6) is 1.73. The molecule has 25 heavy (non-hydrogen) atoms. The summed E-state index contributed by atoms with van der Waals surface area (Å²) in [6, 6.07) is 13.7. The molecule has 0 saturated heterocycles. The fourth-order valence-corrected chi connectivity index (χ4v) is 3.16. The summed E-state index contributed by atoms with van der Waals surface area (Å²) in [6.45, 7) is 2.75. The average Bonchev–Trinajstić information content (AvgIpc) is 2.89. The van der Waals surface area contributed by atoms with Gasteiger partial charge < -0.3 is 20.9 Å². The first-order valence-corrected chi connectivity index (χ1v) is 8.55. The first-order chi connectivity index (χ1) is 12.1. The van der Waals surface area contributed by atoms with E-state index in [9.17, 15) is 5.11 Å². The maximum absolute atomic E-state index is 9.87. The second-order valence-corrected chi connectivity index (χ2v) is 6.41. The van der Waals surface area contributed by atoms with Gasteiger partial charge in [-0.3, -0.25) is 0 Å². The number of aliphatic hydroxyl groups excluding tert-OH is 1. The van der Waals surface area contributed by atoms with E-state index in [0.717, 1.165) is 41.4 Å². The summed E-state index contributed by atoms with van der Waals surface area (Å²) >= 11 is 0. The zero-order chi connectivity index (χ0) is 17.8. The summed E-state index contributed by atoms with van der Waals surface area (Å²) in [6.07, 6.45) is 1.03. The molecule has 0 aliphatic heterocycles. The molecule has 0 saturated carbocycles. The molecule has 0 spiro atoms. The van der Waals surface area contributed by atoms with Crippen LogP contribution in [0.5, 0.6) is 5.75 Å². The molecular weight excluding hydrogens is 314 g/mol. The number of aliphatic imine (C=N–C) groups is 1. The molecule has 0 amide bonds. The van der Waals surface area contributed by atoms with E-state index in [0.29, 0.717) is 6.42 Å². The first-order valence-electron chi connectivity index (χ1n) is 8.55. The molecule has 2 aromatic carbocycles. The lowest BCUT2D eigenvalue weighted by Gasteiger charge is -2.10. The Bertz CT molecular complexity index is 773. The minimum absolute atomic E-state index is 0.313. The van der Waals surface area contributed by atoms with Crippen LogP contribution in [0.25, 0.3) is 0 Å². The van der Waals surface area contributed by atoms with E-state index < -0.39 is 6.10 Å². The number of methoxy groups -OCH3 is 1. The van der Waals surface area contributed by atoms with Crippen LogP contribution >= 0.6 is 0 Å². The molecule has 0 radical (unpaired) electrons. The third kappa shape index (κ3) is 4.18. The van der Waals surface area contributed by atoms with Crippen molar-refractivity contribution in [2.45, 2.75) is 31.9 Å². The molecule has 0 fully saturated rings. The highest BCUT2D eigenvalue weighted by atomic mass is 16.5. The zero-order valence-corrected chi connectivity index (χ0v) is 14.7. The Hall–Kier alpha value is -2.37. The Kier molecular flexibility index (Phi) is 5.36. The van der Waals surface area contributed by atoms with Crippen molar-refractivity contribution >= 4 is 11.5 Å². The Labute approximate surface area is 148 Å². The van der Waals surface area contributed by atoms with E-state index in [1.54, 1.807) is 7.11 Å². The lowest BCUT2D eigenvalue weighted by atomic mass is 10.1. The Morgan fingerprint density at radius 2 is 2.16 bits per heavy atom. The van der Waals surface area contributed by atoms with Gasteiger partial charge in [-0.15, -0.1) is 0 Å². The van der Waals surface area contributed by atoms with E-state index in [1.165, 1.54) is 5.56 Å². The highest BCUT2D eigenvalue weighted by Gasteiger charge is 2.27. The van der Waals surface area contributed by atoms with Crippen molar-refractivity contribution in [1.29, 1.82) is 0 Å². The number of nitrogens with zero attached hydrogens (tertiary/aromatic N) is 1. The molecule has 0 aromatic heterocycles. The highest BCUT2D eigenvalue weighted by Crippen LogP contribution is 2.32. The SMILES string of the molecule is COc1cccc(CCNC(C)=Nc2ccc3c(c2)[C@@H](N)[C@H](O)C3)c1. The molecule has 5 heteroatoms. The minimum atomic E-state index is -0.490. The van der Waals surface area contributed by atoms with Crippen LogP contribution < -0.4 is 15.8 Å². The smallest absolute Gasteiger partial charge is 0.119 e. The van der Waals surface area contributed by atoms with E-state index in [2.05, 4.69) is 16.4 Å². The second kappa shape index (κ2) is 7.68. The van der Waals surface area contributed by atoms with Gasteiger partial charge in [-0.1, -0.05) is 18.2 Å². The number of rotatable bonds is 5. The largest absolute Gasteiger partial charge is 0.497 e. The van der Waals surface area contributed by atoms with Crippen LogP contribution in [0.15, 0.2) is 47.5 Å². The number of aliphatic hydroxyl groups is 1. The molecule has 2 atom stereocenters. The van der Waals surface area contributed by atoms with Gasteiger partial charge in [0, 0.05) is 13.0 Å². The number of nitrogens with two attached hydrogens (primary N) is 1. The predicted molar refractivity (Wildman–Crippen MR) is 101 cm³/mol. The summed E-state index contributed by atoms with van der Waals surface area (Å²) < 4.78 is 5.24. The van der Waals surface area contributed by atoms with Gasteiger partial charge in [0.25, 0.3) is 0 Å². The van der Waals surface area contributed by atoms with Gasteiger partial charge >= 0.3 is 0 Å². The fourth-order valence-electron chi connectivity index (χ4n) is 3.16. The molecule has 5 nitrogen and oxygen atoms in total. The quantitative estimate of drug-likeness (QED) is 0.577. The van der Waals surface area contributed by atoms with Crippen LogP contribution in [0.1, 0.15) is 29.7 Å². The molecule has 4 N–H and O–H groups in total. The first kappa shape index (κ1) is 17.5. The number of hydrogen-bond donors (Lipinski definition) is 3. The average molecular weight is 339 g/mol. The van der Waals surface area contributed by atoms with Gasteiger partial charge in [-0.05, 0) is 54.3 Å². The van der Waals surface area contributed by atoms with Gasteiger partial charge in [0.05, 0.1) is 30.8 Å². The Balaban J connectivity index is 1.59. The van der Waals surface area contributed by atoms with E-state index in [-0.39, 0.29) is 6.04 Å². The lowest BCUT2D eigenvalue weighted by Crippen LogP contribution is -2.22. The predicted octanol–water partition coefficient (Wildman–Crippen LogP) is 2.49. The number of ether oxygens (including phenoxy) is 1. The zero-order valence-electron chi connectivity index (χ0n) is 14.7. The van der Waals surface area contributed by atoms with Crippen molar-refractivity contribution in [3.63, 3.8) is 0 Å². The third-order valence-electron chi connectivity index (χ3n) is 4.56. The van der Waals surface area contributed by atoms with Gasteiger partial charge in [0.15, 0.2) is 0 Å². The molecule has 3 rings (SSSR count). The molecule has 0 bridgehead atoms. The molecule has 0 unspecified atom stereocenters. The van der Waals surface area contributed by atoms with Gasteiger partial charge in [-0.25, -0.2) is 4.99 Å². The summed E-state index contributed by atoms with van der Waals surface area (Å²) in [4.78, 5) is 4.60. The van der Waals surface area contributed by atoms with Crippen molar-refractivity contribution in [3.8, 4) is 5.75 Å². The Morgan fingerprint density at radius 1 is 1.32 bits per heavy atom. The van der Waals surface area contributed by atoms with Crippen LogP contribution in [0.3, 0.4) is 0 Å². The molecule has 132 valence electrons. The number of hydrogen-bond acceptors (Lipinski definition) is 4. The van der Waals surface area contributed by atoms with Gasteiger partial charge in [0.2, 0.25) is 0 Å². The molecular formula is C20H25N3O2. The fraction of sp³-hybridized carbons (Fsp3) is 0.350. The Morgan fingerprint density at radius 3 is 2.96 bits per heavy atom. The number of benzene rings is 2. The number of amidine groups is 1. The second-order valence-electron chi connectivity index (χ2n) is 6.41. The van der Waals surface area contributed by atoms with Crippen LogP contribution in [0, 0.1) is 0 Å². The molecule has 1 aliphatic carbocycles. The van der Waals surface area contributed by atoms with Crippen LogP contribution in [0.2, 0.25) is 0 Å². The minimum Gasteiger partial charge on any atom is -0.497 e. The monoisotopic (exact) mass is 339 g/mol.